The zero-order chi connectivity index (χ0) is 18.8. The zero-order valence-corrected chi connectivity index (χ0v) is 15.0. The number of benzene rings is 2. The molecular formula is C22H21N3O2. The van der Waals surface area contributed by atoms with Gasteiger partial charge in [0.15, 0.2) is 0 Å². The number of pyridine rings is 1. The lowest BCUT2D eigenvalue weighted by atomic mass is 9.89. The van der Waals surface area contributed by atoms with Crippen LogP contribution in [0.2, 0.25) is 0 Å². The summed E-state index contributed by atoms with van der Waals surface area (Å²) in [6.07, 6.45) is 3.99. The van der Waals surface area contributed by atoms with E-state index in [0.29, 0.717) is 12.1 Å². The van der Waals surface area contributed by atoms with Crippen molar-refractivity contribution in [2.24, 2.45) is 5.73 Å². The fourth-order valence-electron chi connectivity index (χ4n) is 3.74. The third-order valence-electron chi connectivity index (χ3n) is 5.06. The molecule has 0 aliphatic heterocycles. The normalized spacial score (nSPS) is 13.2. The van der Waals surface area contributed by atoms with Gasteiger partial charge in [0.1, 0.15) is 0 Å². The molecule has 1 aliphatic rings. The van der Waals surface area contributed by atoms with Gasteiger partial charge < -0.3 is 11.1 Å². The van der Waals surface area contributed by atoms with Gasteiger partial charge in [-0.15, -0.1) is 0 Å². The molecule has 0 atom stereocenters. The molecule has 1 aromatic heterocycles. The Bertz CT molecular complexity index is 1040. The number of nitrogens with zero attached hydrogens (tertiary/aromatic N) is 1. The van der Waals surface area contributed by atoms with Gasteiger partial charge in [0.25, 0.3) is 5.91 Å². The second kappa shape index (κ2) is 7.19. The van der Waals surface area contributed by atoms with Crippen LogP contribution in [0.15, 0.2) is 48.5 Å². The van der Waals surface area contributed by atoms with E-state index in [-0.39, 0.29) is 5.91 Å². The van der Waals surface area contributed by atoms with Gasteiger partial charge in [0, 0.05) is 23.2 Å². The van der Waals surface area contributed by atoms with Gasteiger partial charge in [0.05, 0.1) is 11.1 Å². The van der Waals surface area contributed by atoms with Gasteiger partial charge in [-0.1, -0.05) is 30.3 Å². The molecule has 0 radical (unpaired) electrons. The highest BCUT2D eigenvalue weighted by Crippen LogP contribution is 2.29. The molecule has 136 valence electrons. The van der Waals surface area contributed by atoms with Crippen LogP contribution < -0.4 is 11.1 Å². The predicted molar refractivity (Wildman–Crippen MR) is 105 cm³/mol. The highest BCUT2D eigenvalue weighted by Gasteiger charge is 2.22. The van der Waals surface area contributed by atoms with Crippen LogP contribution in [0.5, 0.6) is 0 Å². The molecule has 2 amide bonds. The number of nitrogens with two attached hydrogens (primary N) is 1. The number of carbonyl (C=O) groups excluding carboxylic acids is 2. The fraction of sp³-hybridized carbons (Fsp3) is 0.227. The molecule has 5 heteroatoms. The Kier molecular flexibility index (Phi) is 4.59. The number of fused-ring (bicyclic) bond motifs is 2. The number of aromatic nitrogens is 1. The molecule has 0 saturated heterocycles. The Balaban J connectivity index is 1.66. The first-order chi connectivity index (χ1) is 13.1. The summed E-state index contributed by atoms with van der Waals surface area (Å²) in [4.78, 5) is 29.2. The quantitative estimate of drug-likeness (QED) is 0.750. The van der Waals surface area contributed by atoms with E-state index in [9.17, 15) is 9.59 Å². The highest BCUT2D eigenvalue weighted by atomic mass is 16.2. The molecule has 0 unspecified atom stereocenters. The van der Waals surface area contributed by atoms with Crippen molar-refractivity contribution in [2.75, 3.05) is 0 Å². The Hall–Kier alpha value is -3.21. The van der Waals surface area contributed by atoms with E-state index >= 15 is 0 Å². The summed E-state index contributed by atoms with van der Waals surface area (Å²) in [5.74, 6) is -0.575. The Morgan fingerprint density at radius 1 is 1.04 bits per heavy atom. The third-order valence-corrected chi connectivity index (χ3v) is 5.06. The molecule has 4 rings (SSSR count). The number of hydrogen-bond acceptors (Lipinski definition) is 3. The number of aryl methyl sites for hydroxylation is 1. The molecule has 5 nitrogen and oxygen atoms in total. The zero-order valence-electron chi connectivity index (χ0n) is 15.0. The van der Waals surface area contributed by atoms with Crippen LogP contribution in [0.25, 0.3) is 10.9 Å². The molecule has 0 fully saturated rings. The van der Waals surface area contributed by atoms with Crippen LogP contribution in [0, 0.1) is 0 Å². The number of rotatable bonds is 4. The van der Waals surface area contributed by atoms with Crippen molar-refractivity contribution < 1.29 is 9.59 Å². The van der Waals surface area contributed by atoms with E-state index in [1.807, 2.05) is 30.3 Å². The van der Waals surface area contributed by atoms with Gasteiger partial charge in [-0.2, -0.15) is 0 Å². The highest BCUT2D eigenvalue weighted by molar-refractivity contribution is 6.07. The van der Waals surface area contributed by atoms with E-state index in [0.717, 1.165) is 59.0 Å². The minimum absolute atomic E-state index is 0.101. The molecule has 3 aromatic rings. The van der Waals surface area contributed by atoms with Crippen molar-refractivity contribution in [3.63, 3.8) is 0 Å². The predicted octanol–water partition coefficient (Wildman–Crippen LogP) is 3.14. The summed E-state index contributed by atoms with van der Waals surface area (Å²) in [7, 11) is 0. The van der Waals surface area contributed by atoms with Crippen LogP contribution in [-0.4, -0.2) is 16.8 Å². The Labute approximate surface area is 157 Å². The molecule has 0 spiro atoms. The summed E-state index contributed by atoms with van der Waals surface area (Å²) < 4.78 is 0. The molecule has 3 N–H and O–H groups in total. The first-order valence-corrected chi connectivity index (χ1v) is 9.21. The van der Waals surface area contributed by atoms with Crippen LogP contribution in [-0.2, 0) is 19.4 Å². The number of primary amides is 1. The minimum atomic E-state index is -0.475. The third kappa shape index (κ3) is 3.40. The number of nitrogens with one attached hydrogen (secondary N) is 1. The van der Waals surface area contributed by atoms with Crippen LogP contribution in [0.1, 0.15) is 50.4 Å². The van der Waals surface area contributed by atoms with E-state index in [1.165, 1.54) is 0 Å². The van der Waals surface area contributed by atoms with Gasteiger partial charge in [-0.3, -0.25) is 14.6 Å². The molecule has 0 saturated carbocycles. The SMILES string of the molecule is NC(=O)c1cccc(CNC(=O)c2c3c(nc4ccccc24)CCCC3)c1. The topological polar surface area (TPSA) is 85.1 Å². The Morgan fingerprint density at radius 2 is 1.85 bits per heavy atom. The molecular weight excluding hydrogens is 338 g/mol. The summed E-state index contributed by atoms with van der Waals surface area (Å²) in [5, 5.41) is 3.90. The molecule has 2 aromatic carbocycles. The van der Waals surface area contributed by atoms with Gasteiger partial charge >= 0.3 is 0 Å². The fourth-order valence-corrected chi connectivity index (χ4v) is 3.74. The first kappa shape index (κ1) is 17.2. The number of carbonyl (C=O) groups is 2. The monoisotopic (exact) mass is 359 g/mol. The van der Waals surface area contributed by atoms with Gasteiger partial charge in [-0.25, -0.2) is 0 Å². The van der Waals surface area contributed by atoms with Crippen molar-refractivity contribution in [1.82, 2.24) is 10.3 Å². The van der Waals surface area contributed by atoms with Crippen molar-refractivity contribution in [1.29, 1.82) is 0 Å². The van der Waals surface area contributed by atoms with E-state index in [2.05, 4.69) is 5.32 Å². The average Bonchev–Trinajstić information content (AvgIpc) is 2.70. The average molecular weight is 359 g/mol. The second-order valence-electron chi connectivity index (χ2n) is 6.88. The standard InChI is InChI=1S/C22H21N3O2/c23-21(26)15-7-5-6-14(12-15)13-24-22(27)20-16-8-1-3-10-18(16)25-19-11-4-2-9-17(19)20/h1,3,5-8,10,12H,2,4,9,11,13H2,(H2,23,26)(H,24,27). The molecule has 1 aliphatic carbocycles. The lowest BCUT2D eigenvalue weighted by Crippen LogP contribution is -2.26. The van der Waals surface area contributed by atoms with Crippen LogP contribution in [0.3, 0.4) is 0 Å². The first-order valence-electron chi connectivity index (χ1n) is 9.21. The largest absolute Gasteiger partial charge is 0.366 e. The summed E-state index contributed by atoms with van der Waals surface area (Å²) in [6.45, 7) is 0.339. The Morgan fingerprint density at radius 3 is 2.70 bits per heavy atom. The maximum Gasteiger partial charge on any atom is 0.252 e. The lowest BCUT2D eigenvalue weighted by Gasteiger charge is -2.20. The van der Waals surface area contributed by atoms with Crippen molar-refractivity contribution >= 4 is 22.7 Å². The second-order valence-corrected chi connectivity index (χ2v) is 6.88. The van der Waals surface area contributed by atoms with Crippen molar-refractivity contribution in [3.8, 4) is 0 Å². The maximum atomic E-state index is 13.1. The lowest BCUT2D eigenvalue weighted by molar-refractivity contribution is 0.0950. The van der Waals surface area contributed by atoms with E-state index in [4.69, 9.17) is 10.7 Å². The van der Waals surface area contributed by atoms with Crippen molar-refractivity contribution in [2.45, 2.75) is 32.2 Å². The van der Waals surface area contributed by atoms with E-state index < -0.39 is 5.91 Å². The van der Waals surface area contributed by atoms with Crippen LogP contribution in [0.4, 0.5) is 0 Å². The maximum absolute atomic E-state index is 13.1. The summed E-state index contributed by atoms with van der Waals surface area (Å²) in [5.41, 5.74) is 10.3. The molecule has 27 heavy (non-hydrogen) atoms. The number of para-hydroxylation sites is 1. The van der Waals surface area contributed by atoms with Gasteiger partial charge in [0.2, 0.25) is 5.91 Å². The molecule has 0 bridgehead atoms. The summed E-state index contributed by atoms with van der Waals surface area (Å²) in [6, 6.07) is 14.8. The van der Waals surface area contributed by atoms with Crippen molar-refractivity contribution in [3.05, 3.63) is 76.5 Å². The minimum Gasteiger partial charge on any atom is -0.366 e. The summed E-state index contributed by atoms with van der Waals surface area (Å²) >= 11 is 0. The molecule has 1 heterocycles. The van der Waals surface area contributed by atoms with E-state index in [1.54, 1.807) is 18.2 Å². The van der Waals surface area contributed by atoms with Gasteiger partial charge in [-0.05, 0) is 55.0 Å². The number of amides is 2. The number of hydrogen-bond donors (Lipinski definition) is 2. The smallest absolute Gasteiger partial charge is 0.252 e. The van der Waals surface area contributed by atoms with Crippen LogP contribution >= 0.6 is 0 Å².